The van der Waals surface area contributed by atoms with E-state index in [0.29, 0.717) is 5.56 Å². The van der Waals surface area contributed by atoms with Crippen LogP contribution < -0.4 is 0 Å². The number of hydrogen-bond acceptors (Lipinski definition) is 3. The van der Waals surface area contributed by atoms with Gasteiger partial charge in [-0.1, -0.05) is 48.5 Å². The van der Waals surface area contributed by atoms with Gasteiger partial charge in [0, 0.05) is 7.05 Å². The van der Waals surface area contributed by atoms with E-state index >= 15 is 0 Å². The molecule has 0 atom stereocenters. The standard InChI is InChI=1S/C18H21NO2/c1-18(2,14-15-10-6-4-7-11-15)19(3)21-17(20)16-12-8-5-9-13-16/h4-13H,14H2,1-3H3. The fraction of sp³-hybridized carbons (Fsp3) is 0.278. The lowest BCUT2D eigenvalue weighted by molar-refractivity contribution is -0.148. The predicted octanol–water partition coefficient (Wildman–Crippen LogP) is 3.71. The second-order valence-electron chi connectivity index (χ2n) is 5.72. The lowest BCUT2D eigenvalue weighted by atomic mass is 9.95. The van der Waals surface area contributed by atoms with Crippen LogP contribution in [0.5, 0.6) is 0 Å². The van der Waals surface area contributed by atoms with Crippen molar-refractivity contribution in [1.82, 2.24) is 5.06 Å². The maximum Gasteiger partial charge on any atom is 0.357 e. The zero-order valence-electron chi connectivity index (χ0n) is 12.7. The van der Waals surface area contributed by atoms with Crippen molar-refractivity contribution in [2.75, 3.05) is 7.05 Å². The van der Waals surface area contributed by atoms with E-state index in [2.05, 4.69) is 26.0 Å². The summed E-state index contributed by atoms with van der Waals surface area (Å²) in [4.78, 5) is 17.6. The van der Waals surface area contributed by atoms with E-state index in [0.717, 1.165) is 6.42 Å². The maximum absolute atomic E-state index is 12.1. The third-order valence-corrected chi connectivity index (χ3v) is 3.56. The summed E-state index contributed by atoms with van der Waals surface area (Å²) in [5.41, 5.74) is 1.48. The topological polar surface area (TPSA) is 29.5 Å². The molecule has 2 rings (SSSR count). The van der Waals surface area contributed by atoms with Gasteiger partial charge >= 0.3 is 5.97 Å². The number of carbonyl (C=O) groups is 1. The lowest BCUT2D eigenvalue weighted by Crippen LogP contribution is -2.44. The zero-order chi connectivity index (χ0) is 15.3. The van der Waals surface area contributed by atoms with Gasteiger partial charge in [0.25, 0.3) is 0 Å². The summed E-state index contributed by atoms with van der Waals surface area (Å²) in [6.07, 6.45) is 0.798. The molecule has 110 valence electrons. The van der Waals surface area contributed by atoms with Gasteiger partial charge in [-0.15, -0.1) is 5.06 Å². The molecule has 0 saturated heterocycles. The highest BCUT2D eigenvalue weighted by atomic mass is 16.7. The highest BCUT2D eigenvalue weighted by Gasteiger charge is 2.27. The fourth-order valence-electron chi connectivity index (χ4n) is 2.08. The van der Waals surface area contributed by atoms with E-state index in [1.165, 1.54) is 5.56 Å². The first-order valence-electron chi connectivity index (χ1n) is 7.04. The minimum absolute atomic E-state index is 0.286. The molecule has 0 fully saturated rings. The summed E-state index contributed by atoms with van der Waals surface area (Å²) >= 11 is 0. The predicted molar refractivity (Wildman–Crippen MR) is 83.8 cm³/mol. The lowest BCUT2D eigenvalue weighted by Gasteiger charge is -2.33. The molecule has 0 N–H and O–H groups in total. The zero-order valence-corrected chi connectivity index (χ0v) is 12.7. The van der Waals surface area contributed by atoms with Crippen LogP contribution in [-0.2, 0) is 11.3 Å². The van der Waals surface area contributed by atoms with Crippen molar-refractivity contribution >= 4 is 5.97 Å². The van der Waals surface area contributed by atoms with Crippen molar-refractivity contribution < 1.29 is 9.63 Å². The highest BCUT2D eigenvalue weighted by molar-refractivity contribution is 5.89. The SMILES string of the molecule is CN(OC(=O)c1ccccc1)C(C)(C)Cc1ccccc1. The Bertz CT molecular complexity index is 579. The Morgan fingerprint density at radius 2 is 1.52 bits per heavy atom. The minimum Gasteiger partial charge on any atom is -0.364 e. The molecule has 0 aliphatic carbocycles. The molecule has 0 unspecified atom stereocenters. The molecule has 0 saturated carbocycles. The van der Waals surface area contributed by atoms with Crippen LogP contribution in [0.4, 0.5) is 0 Å². The monoisotopic (exact) mass is 283 g/mol. The smallest absolute Gasteiger partial charge is 0.357 e. The van der Waals surface area contributed by atoms with Gasteiger partial charge in [-0.2, -0.15) is 0 Å². The summed E-state index contributed by atoms with van der Waals surface area (Å²) in [5.74, 6) is -0.334. The number of nitrogens with zero attached hydrogens (tertiary/aromatic N) is 1. The molecule has 21 heavy (non-hydrogen) atoms. The van der Waals surface area contributed by atoms with Crippen LogP contribution in [0.3, 0.4) is 0 Å². The van der Waals surface area contributed by atoms with Crippen LogP contribution in [0.25, 0.3) is 0 Å². The Hall–Kier alpha value is -2.13. The first kappa shape index (κ1) is 15.3. The van der Waals surface area contributed by atoms with E-state index in [9.17, 15) is 4.79 Å². The molecule has 2 aromatic carbocycles. The van der Waals surface area contributed by atoms with E-state index in [4.69, 9.17) is 4.84 Å². The molecule has 0 amide bonds. The van der Waals surface area contributed by atoms with Gasteiger partial charge in [-0.3, -0.25) is 0 Å². The minimum atomic E-state index is -0.334. The van der Waals surface area contributed by atoms with Crippen molar-refractivity contribution in [2.24, 2.45) is 0 Å². The average Bonchev–Trinajstić information content (AvgIpc) is 2.48. The number of hydroxylamine groups is 2. The van der Waals surface area contributed by atoms with E-state index in [1.54, 1.807) is 24.2 Å². The first-order valence-corrected chi connectivity index (χ1v) is 7.04. The first-order chi connectivity index (χ1) is 9.99. The average molecular weight is 283 g/mol. The molecule has 0 radical (unpaired) electrons. The van der Waals surface area contributed by atoms with Gasteiger partial charge in [0.15, 0.2) is 0 Å². The number of hydrogen-bond donors (Lipinski definition) is 0. The van der Waals surface area contributed by atoms with Crippen LogP contribution in [0.2, 0.25) is 0 Å². The fourth-order valence-corrected chi connectivity index (χ4v) is 2.08. The second-order valence-corrected chi connectivity index (χ2v) is 5.72. The highest BCUT2D eigenvalue weighted by Crippen LogP contribution is 2.20. The van der Waals surface area contributed by atoms with E-state index in [-0.39, 0.29) is 11.5 Å². The molecule has 0 spiro atoms. The van der Waals surface area contributed by atoms with E-state index in [1.807, 2.05) is 36.4 Å². The molecular formula is C18H21NO2. The number of likely N-dealkylation sites (N-methyl/N-ethyl adjacent to an activating group) is 1. The van der Waals surface area contributed by atoms with Crippen molar-refractivity contribution in [3.8, 4) is 0 Å². The van der Waals surface area contributed by atoms with Crippen molar-refractivity contribution in [3.63, 3.8) is 0 Å². The van der Waals surface area contributed by atoms with Crippen molar-refractivity contribution in [3.05, 3.63) is 71.8 Å². The Kier molecular flexibility index (Phi) is 4.76. The van der Waals surface area contributed by atoms with Crippen LogP contribution in [-0.4, -0.2) is 23.6 Å². The van der Waals surface area contributed by atoms with Crippen LogP contribution in [0.15, 0.2) is 60.7 Å². The summed E-state index contributed by atoms with van der Waals surface area (Å²) in [6, 6.07) is 19.2. The Morgan fingerprint density at radius 3 is 2.10 bits per heavy atom. The Morgan fingerprint density at radius 1 is 1.00 bits per heavy atom. The van der Waals surface area contributed by atoms with Crippen molar-refractivity contribution in [2.45, 2.75) is 25.8 Å². The van der Waals surface area contributed by atoms with Gasteiger partial charge in [0.2, 0.25) is 0 Å². The summed E-state index contributed by atoms with van der Waals surface area (Å²) in [5, 5.41) is 1.63. The molecule has 0 heterocycles. The Labute approximate surface area is 126 Å². The number of rotatable bonds is 5. The van der Waals surface area contributed by atoms with Crippen LogP contribution in [0, 0.1) is 0 Å². The second kappa shape index (κ2) is 6.55. The summed E-state index contributed by atoms with van der Waals surface area (Å²) in [6.45, 7) is 4.11. The van der Waals surface area contributed by atoms with Gasteiger partial charge < -0.3 is 4.84 Å². The maximum atomic E-state index is 12.1. The molecule has 3 heteroatoms. The Balaban J connectivity index is 2.01. The third-order valence-electron chi connectivity index (χ3n) is 3.56. The quantitative estimate of drug-likeness (QED) is 0.783. The molecule has 0 aromatic heterocycles. The van der Waals surface area contributed by atoms with Crippen LogP contribution >= 0.6 is 0 Å². The molecular weight excluding hydrogens is 262 g/mol. The number of benzene rings is 2. The molecule has 0 aliphatic heterocycles. The van der Waals surface area contributed by atoms with Crippen LogP contribution in [0.1, 0.15) is 29.8 Å². The number of carbonyl (C=O) groups excluding carboxylic acids is 1. The van der Waals surface area contributed by atoms with Crippen molar-refractivity contribution in [1.29, 1.82) is 0 Å². The van der Waals surface area contributed by atoms with Gasteiger partial charge in [0.05, 0.1) is 11.1 Å². The summed E-state index contributed by atoms with van der Waals surface area (Å²) in [7, 11) is 1.80. The third kappa shape index (κ3) is 4.17. The molecule has 0 bridgehead atoms. The molecule has 2 aromatic rings. The molecule has 0 aliphatic rings. The summed E-state index contributed by atoms with van der Waals surface area (Å²) < 4.78 is 0. The van der Waals surface area contributed by atoms with Gasteiger partial charge in [-0.25, -0.2) is 4.79 Å². The normalized spacial score (nSPS) is 11.4. The molecule has 3 nitrogen and oxygen atoms in total. The van der Waals surface area contributed by atoms with E-state index < -0.39 is 0 Å². The van der Waals surface area contributed by atoms with Gasteiger partial charge in [0.1, 0.15) is 0 Å². The van der Waals surface area contributed by atoms with Gasteiger partial charge in [-0.05, 0) is 38.0 Å². The largest absolute Gasteiger partial charge is 0.364 e.